The SMILES string of the molecule is CC(/C=N\N1CCN(c2ccccc2)CC1)=C\c1ccccc1. The van der Waals surface area contributed by atoms with E-state index in [0.29, 0.717) is 0 Å². The minimum atomic E-state index is 0.962. The molecular formula is C20H23N3. The third-order valence-corrected chi connectivity index (χ3v) is 4.00. The molecule has 2 aromatic rings. The molecule has 0 N–H and O–H groups in total. The molecule has 0 unspecified atom stereocenters. The standard InChI is InChI=1S/C20H23N3/c1-18(16-19-8-4-2-5-9-19)17-21-23-14-12-22(13-15-23)20-10-6-3-7-11-20/h2-11,16-17H,12-15H2,1H3/b18-16+,21-17-. The molecule has 2 aromatic carbocycles. The molecule has 1 aliphatic heterocycles. The van der Waals surface area contributed by atoms with E-state index in [0.717, 1.165) is 26.2 Å². The molecule has 3 nitrogen and oxygen atoms in total. The molecule has 0 bridgehead atoms. The number of anilines is 1. The summed E-state index contributed by atoms with van der Waals surface area (Å²) in [6.07, 6.45) is 4.12. The lowest BCUT2D eigenvalue weighted by atomic mass is 10.1. The van der Waals surface area contributed by atoms with Crippen molar-refractivity contribution in [2.45, 2.75) is 6.92 Å². The molecule has 0 saturated carbocycles. The lowest BCUT2D eigenvalue weighted by Gasteiger charge is -2.34. The minimum Gasteiger partial charge on any atom is -0.368 e. The smallest absolute Gasteiger partial charge is 0.0536 e. The summed E-state index contributed by atoms with van der Waals surface area (Å²) < 4.78 is 0. The van der Waals surface area contributed by atoms with E-state index in [2.05, 4.69) is 82.6 Å². The summed E-state index contributed by atoms with van der Waals surface area (Å²) in [7, 11) is 0. The Morgan fingerprint density at radius 2 is 1.48 bits per heavy atom. The van der Waals surface area contributed by atoms with Gasteiger partial charge in [-0.3, -0.25) is 5.01 Å². The summed E-state index contributed by atoms with van der Waals surface area (Å²) in [6.45, 7) is 6.05. The Kier molecular flexibility index (Phi) is 5.09. The molecule has 0 atom stereocenters. The van der Waals surface area contributed by atoms with Crippen molar-refractivity contribution in [2.75, 3.05) is 31.1 Å². The first kappa shape index (κ1) is 15.3. The lowest BCUT2D eigenvalue weighted by molar-refractivity contribution is 0.272. The van der Waals surface area contributed by atoms with Crippen molar-refractivity contribution in [3.8, 4) is 0 Å². The third kappa shape index (κ3) is 4.46. The maximum absolute atomic E-state index is 4.62. The van der Waals surface area contributed by atoms with Gasteiger partial charge in [0.05, 0.1) is 13.1 Å². The van der Waals surface area contributed by atoms with Crippen LogP contribution in [0.25, 0.3) is 6.08 Å². The van der Waals surface area contributed by atoms with E-state index >= 15 is 0 Å². The zero-order valence-corrected chi connectivity index (χ0v) is 13.6. The number of rotatable bonds is 4. The molecule has 0 aliphatic carbocycles. The van der Waals surface area contributed by atoms with Crippen molar-refractivity contribution < 1.29 is 0 Å². The summed E-state index contributed by atoms with van der Waals surface area (Å²) in [4.78, 5) is 2.42. The van der Waals surface area contributed by atoms with Crippen LogP contribution in [0.3, 0.4) is 0 Å². The van der Waals surface area contributed by atoms with Gasteiger partial charge in [-0.05, 0) is 30.2 Å². The lowest BCUT2D eigenvalue weighted by Crippen LogP contribution is -2.44. The molecule has 3 heteroatoms. The van der Waals surface area contributed by atoms with E-state index in [1.807, 2.05) is 12.3 Å². The van der Waals surface area contributed by atoms with Crippen LogP contribution in [0.15, 0.2) is 71.3 Å². The van der Waals surface area contributed by atoms with Crippen LogP contribution < -0.4 is 4.90 Å². The van der Waals surface area contributed by atoms with Crippen LogP contribution >= 0.6 is 0 Å². The average molecular weight is 305 g/mol. The van der Waals surface area contributed by atoms with Crippen LogP contribution in [0.2, 0.25) is 0 Å². The third-order valence-electron chi connectivity index (χ3n) is 4.00. The van der Waals surface area contributed by atoms with Gasteiger partial charge in [-0.15, -0.1) is 0 Å². The van der Waals surface area contributed by atoms with Gasteiger partial charge in [-0.1, -0.05) is 54.6 Å². The second kappa shape index (κ2) is 7.63. The van der Waals surface area contributed by atoms with Crippen LogP contribution in [-0.4, -0.2) is 37.4 Å². The van der Waals surface area contributed by atoms with Gasteiger partial charge in [0.2, 0.25) is 0 Å². The number of hydrogen-bond acceptors (Lipinski definition) is 3. The average Bonchev–Trinajstić information content (AvgIpc) is 2.62. The van der Waals surface area contributed by atoms with Gasteiger partial charge < -0.3 is 4.90 Å². The van der Waals surface area contributed by atoms with Gasteiger partial charge in [0.15, 0.2) is 0 Å². The first-order chi connectivity index (χ1) is 11.3. The highest BCUT2D eigenvalue weighted by atomic mass is 15.5. The summed E-state index contributed by atoms with van der Waals surface area (Å²) in [5, 5.41) is 6.78. The number of allylic oxidation sites excluding steroid dienone is 1. The van der Waals surface area contributed by atoms with E-state index in [1.165, 1.54) is 16.8 Å². The topological polar surface area (TPSA) is 18.8 Å². The summed E-state index contributed by atoms with van der Waals surface area (Å²) in [6, 6.07) is 21.0. The Balaban J connectivity index is 1.53. The largest absolute Gasteiger partial charge is 0.368 e. The number of para-hydroxylation sites is 1. The van der Waals surface area contributed by atoms with Crippen LogP contribution in [0, 0.1) is 0 Å². The molecule has 1 fully saturated rings. The molecule has 1 aliphatic rings. The highest BCUT2D eigenvalue weighted by Gasteiger charge is 2.15. The van der Waals surface area contributed by atoms with Gasteiger partial charge in [-0.25, -0.2) is 0 Å². The second-order valence-electron chi connectivity index (χ2n) is 5.82. The molecular weight excluding hydrogens is 282 g/mol. The highest BCUT2D eigenvalue weighted by Crippen LogP contribution is 2.15. The number of hydrazone groups is 1. The molecule has 0 amide bonds. The zero-order chi connectivity index (χ0) is 15.9. The fourth-order valence-corrected chi connectivity index (χ4v) is 2.73. The Morgan fingerprint density at radius 3 is 2.13 bits per heavy atom. The van der Waals surface area contributed by atoms with E-state index in [1.54, 1.807) is 0 Å². The fraction of sp³-hybridized carbons (Fsp3) is 0.250. The van der Waals surface area contributed by atoms with Crippen LogP contribution in [0.4, 0.5) is 5.69 Å². The molecule has 1 saturated heterocycles. The Morgan fingerprint density at radius 1 is 0.870 bits per heavy atom. The van der Waals surface area contributed by atoms with Crippen LogP contribution in [0.1, 0.15) is 12.5 Å². The van der Waals surface area contributed by atoms with Gasteiger partial charge in [0, 0.05) is 25.0 Å². The van der Waals surface area contributed by atoms with Crippen LogP contribution in [0.5, 0.6) is 0 Å². The normalized spacial score (nSPS) is 16.1. The molecule has 1 heterocycles. The van der Waals surface area contributed by atoms with Gasteiger partial charge in [0.1, 0.15) is 0 Å². The Bertz CT molecular complexity index is 654. The fourth-order valence-electron chi connectivity index (χ4n) is 2.73. The molecule has 23 heavy (non-hydrogen) atoms. The number of benzene rings is 2. The molecule has 118 valence electrons. The van der Waals surface area contributed by atoms with E-state index in [-0.39, 0.29) is 0 Å². The van der Waals surface area contributed by atoms with Gasteiger partial charge >= 0.3 is 0 Å². The van der Waals surface area contributed by atoms with Crippen molar-refractivity contribution in [2.24, 2.45) is 5.10 Å². The molecule has 0 spiro atoms. The van der Waals surface area contributed by atoms with E-state index in [4.69, 9.17) is 0 Å². The van der Waals surface area contributed by atoms with Crippen molar-refractivity contribution in [3.63, 3.8) is 0 Å². The van der Waals surface area contributed by atoms with Crippen molar-refractivity contribution in [1.29, 1.82) is 0 Å². The first-order valence-corrected chi connectivity index (χ1v) is 8.13. The van der Waals surface area contributed by atoms with E-state index < -0.39 is 0 Å². The Hall–Kier alpha value is -2.55. The predicted molar refractivity (Wildman–Crippen MR) is 98.8 cm³/mol. The minimum absolute atomic E-state index is 0.962. The summed E-state index contributed by atoms with van der Waals surface area (Å²) in [5.74, 6) is 0. The zero-order valence-electron chi connectivity index (χ0n) is 13.6. The molecule has 0 aromatic heterocycles. The first-order valence-electron chi connectivity index (χ1n) is 8.13. The monoisotopic (exact) mass is 305 g/mol. The predicted octanol–water partition coefficient (Wildman–Crippen LogP) is 3.90. The number of piperazine rings is 1. The van der Waals surface area contributed by atoms with Crippen LogP contribution in [-0.2, 0) is 0 Å². The van der Waals surface area contributed by atoms with Crippen molar-refractivity contribution in [3.05, 3.63) is 71.8 Å². The van der Waals surface area contributed by atoms with Gasteiger partial charge in [-0.2, -0.15) is 5.10 Å². The quantitative estimate of drug-likeness (QED) is 0.798. The van der Waals surface area contributed by atoms with Crippen molar-refractivity contribution >= 4 is 18.0 Å². The summed E-state index contributed by atoms with van der Waals surface area (Å²) in [5.41, 5.74) is 3.68. The second-order valence-corrected chi connectivity index (χ2v) is 5.82. The van der Waals surface area contributed by atoms with Crippen molar-refractivity contribution in [1.82, 2.24) is 5.01 Å². The number of nitrogens with zero attached hydrogens (tertiary/aromatic N) is 3. The molecule has 0 radical (unpaired) electrons. The summed E-state index contributed by atoms with van der Waals surface area (Å²) >= 11 is 0. The Labute approximate surface area is 138 Å². The molecule has 3 rings (SSSR count). The van der Waals surface area contributed by atoms with E-state index in [9.17, 15) is 0 Å². The maximum Gasteiger partial charge on any atom is 0.0536 e. The number of hydrogen-bond donors (Lipinski definition) is 0. The van der Waals surface area contributed by atoms with Gasteiger partial charge in [0.25, 0.3) is 0 Å². The maximum atomic E-state index is 4.62. The highest BCUT2D eigenvalue weighted by molar-refractivity contribution is 5.84.